The highest BCUT2D eigenvalue weighted by atomic mass is 35.5. The summed E-state index contributed by atoms with van der Waals surface area (Å²) in [5, 5.41) is 0.635. The fourth-order valence-electron chi connectivity index (χ4n) is 3.33. The van der Waals surface area contributed by atoms with Gasteiger partial charge in [0.1, 0.15) is 15.8 Å². The number of furan rings is 1. The zero-order chi connectivity index (χ0) is 22.7. The molecule has 0 spiro atoms. The fourth-order valence-corrected chi connectivity index (χ4v) is 4.81. The third-order valence-electron chi connectivity index (χ3n) is 4.95. The molecule has 1 aliphatic heterocycles. The first-order chi connectivity index (χ1) is 15.5. The number of thiocarbonyl (C=S) groups is 1. The van der Waals surface area contributed by atoms with Crippen LogP contribution in [0.5, 0.6) is 11.5 Å². The van der Waals surface area contributed by atoms with Crippen molar-refractivity contribution in [3.63, 3.8) is 0 Å². The van der Waals surface area contributed by atoms with Gasteiger partial charge >= 0.3 is 0 Å². The van der Waals surface area contributed by atoms with Crippen LogP contribution in [0.2, 0.25) is 5.02 Å². The molecule has 1 saturated heterocycles. The number of amides is 1. The minimum atomic E-state index is -0.124. The van der Waals surface area contributed by atoms with Gasteiger partial charge in [0.2, 0.25) is 0 Å². The van der Waals surface area contributed by atoms with Crippen LogP contribution in [0, 0.1) is 0 Å². The number of hydrogen-bond donors (Lipinski definition) is 0. The second kappa shape index (κ2) is 9.81. The highest BCUT2D eigenvalue weighted by Crippen LogP contribution is 2.34. The molecule has 1 aromatic heterocycles. The van der Waals surface area contributed by atoms with Crippen molar-refractivity contribution in [1.29, 1.82) is 0 Å². The number of methoxy groups -OCH3 is 2. The van der Waals surface area contributed by atoms with Gasteiger partial charge in [-0.15, -0.1) is 0 Å². The molecule has 0 radical (unpaired) electrons. The Morgan fingerprint density at radius 1 is 1.09 bits per heavy atom. The molecule has 1 fully saturated rings. The van der Waals surface area contributed by atoms with Crippen LogP contribution in [0.15, 0.2) is 63.9 Å². The zero-order valence-electron chi connectivity index (χ0n) is 17.5. The van der Waals surface area contributed by atoms with Crippen LogP contribution in [0.25, 0.3) is 17.4 Å². The van der Waals surface area contributed by atoms with E-state index in [1.54, 1.807) is 25.2 Å². The first-order valence-corrected chi connectivity index (χ1v) is 11.4. The molecular weight excluding hydrogens is 466 g/mol. The van der Waals surface area contributed by atoms with Gasteiger partial charge in [0.25, 0.3) is 5.91 Å². The number of thioether (sulfide) groups is 1. The van der Waals surface area contributed by atoms with Crippen LogP contribution in [-0.4, -0.2) is 35.9 Å². The SMILES string of the molecule is COc1ccc(CCN2C(=O)/C(=C\c3ccc(-c4cccc(Cl)c4)o3)SC2=S)cc1OC. The maximum atomic E-state index is 12.9. The average Bonchev–Trinajstić information content (AvgIpc) is 3.36. The molecule has 32 heavy (non-hydrogen) atoms. The van der Waals surface area contributed by atoms with Gasteiger partial charge in [0, 0.05) is 23.2 Å². The molecule has 1 amide bonds. The fraction of sp³-hybridized carbons (Fsp3) is 0.167. The van der Waals surface area contributed by atoms with Gasteiger partial charge in [0.05, 0.1) is 19.1 Å². The summed E-state index contributed by atoms with van der Waals surface area (Å²) in [5.74, 6) is 2.47. The molecule has 2 heterocycles. The topological polar surface area (TPSA) is 51.9 Å². The van der Waals surface area contributed by atoms with E-state index in [4.69, 9.17) is 37.7 Å². The van der Waals surface area contributed by atoms with E-state index in [0.717, 1.165) is 11.1 Å². The van der Waals surface area contributed by atoms with E-state index in [1.165, 1.54) is 11.8 Å². The summed E-state index contributed by atoms with van der Waals surface area (Å²) >= 11 is 12.8. The summed E-state index contributed by atoms with van der Waals surface area (Å²) in [7, 11) is 3.20. The lowest BCUT2D eigenvalue weighted by Crippen LogP contribution is -2.30. The van der Waals surface area contributed by atoms with Crippen molar-refractivity contribution >= 4 is 51.9 Å². The van der Waals surface area contributed by atoms with Crippen LogP contribution < -0.4 is 9.47 Å². The Morgan fingerprint density at radius 3 is 2.66 bits per heavy atom. The number of hydrogen-bond acceptors (Lipinski definition) is 6. The predicted octanol–water partition coefficient (Wildman–Crippen LogP) is 6.06. The Kier molecular flexibility index (Phi) is 6.89. The molecule has 5 nitrogen and oxygen atoms in total. The molecule has 0 saturated carbocycles. The number of carbonyl (C=O) groups is 1. The van der Waals surface area contributed by atoms with E-state index in [0.29, 0.717) is 50.2 Å². The van der Waals surface area contributed by atoms with E-state index in [1.807, 2.05) is 54.6 Å². The maximum absolute atomic E-state index is 12.9. The zero-order valence-corrected chi connectivity index (χ0v) is 19.9. The molecule has 0 unspecified atom stereocenters. The van der Waals surface area contributed by atoms with Crippen LogP contribution in [0.1, 0.15) is 11.3 Å². The number of nitrogens with zero attached hydrogens (tertiary/aromatic N) is 1. The van der Waals surface area contributed by atoms with Crippen molar-refractivity contribution in [1.82, 2.24) is 4.90 Å². The van der Waals surface area contributed by atoms with Crippen molar-refractivity contribution in [3.8, 4) is 22.8 Å². The second-order valence-electron chi connectivity index (χ2n) is 6.99. The molecule has 3 aromatic rings. The number of benzene rings is 2. The lowest BCUT2D eigenvalue weighted by Gasteiger charge is -2.15. The van der Waals surface area contributed by atoms with Gasteiger partial charge in [-0.25, -0.2) is 0 Å². The molecule has 164 valence electrons. The van der Waals surface area contributed by atoms with Gasteiger partial charge in [-0.1, -0.05) is 53.8 Å². The normalized spacial score (nSPS) is 15.0. The van der Waals surface area contributed by atoms with Crippen molar-refractivity contribution in [2.45, 2.75) is 6.42 Å². The second-order valence-corrected chi connectivity index (χ2v) is 9.10. The summed E-state index contributed by atoms with van der Waals surface area (Å²) < 4.78 is 17.1. The maximum Gasteiger partial charge on any atom is 0.266 e. The lowest BCUT2D eigenvalue weighted by atomic mass is 10.1. The molecule has 0 aliphatic carbocycles. The third kappa shape index (κ3) is 4.85. The van der Waals surface area contributed by atoms with Crippen molar-refractivity contribution in [3.05, 3.63) is 75.8 Å². The smallest absolute Gasteiger partial charge is 0.266 e. The summed E-state index contributed by atoms with van der Waals surface area (Å²) in [6.45, 7) is 0.476. The van der Waals surface area contributed by atoms with E-state index < -0.39 is 0 Å². The van der Waals surface area contributed by atoms with Crippen molar-refractivity contribution in [2.75, 3.05) is 20.8 Å². The van der Waals surface area contributed by atoms with Crippen LogP contribution >= 0.6 is 35.6 Å². The molecule has 8 heteroatoms. The van der Waals surface area contributed by atoms with Gasteiger partial charge in [0.15, 0.2) is 11.5 Å². The summed E-state index contributed by atoms with van der Waals surface area (Å²) in [4.78, 5) is 15.1. The van der Waals surface area contributed by atoms with Crippen LogP contribution in [0.3, 0.4) is 0 Å². The Hall–Kier alpha value is -2.74. The molecule has 0 N–H and O–H groups in total. The van der Waals surface area contributed by atoms with Crippen LogP contribution in [0.4, 0.5) is 0 Å². The van der Waals surface area contributed by atoms with Gasteiger partial charge in [-0.2, -0.15) is 0 Å². The van der Waals surface area contributed by atoms with Crippen molar-refractivity contribution < 1.29 is 18.7 Å². The molecule has 2 aromatic carbocycles. The number of carbonyl (C=O) groups excluding carboxylic acids is 1. The van der Waals surface area contributed by atoms with E-state index in [2.05, 4.69) is 0 Å². The first-order valence-electron chi connectivity index (χ1n) is 9.80. The quantitative estimate of drug-likeness (QED) is 0.299. The Bertz CT molecular complexity index is 1200. The molecule has 0 atom stereocenters. The van der Waals surface area contributed by atoms with Gasteiger partial charge in [-0.05, 0) is 48.4 Å². The first kappa shape index (κ1) is 22.5. The molecular formula is C24H20ClNO4S2. The van der Waals surface area contributed by atoms with Crippen molar-refractivity contribution in [2.24, 2.45) is 0 Å². The van der Waals surface area contributed by atoms with E-state index in [9.17, 15) is 4.79 Å². The Morgan fingerprint density at radius 2 is 1.91 bits per heavy atom. The summed E-state index contributed by atoms with van der Waals surface area (Å²) in [6.07, 6.45) is 2.36. The largest absolute Gasteiger partial charge is 0.493 e. The average molecular weight is 486 g/mol. The number of rotatable bonds is 7. The highest BCUT2D eigenvalue weighted by molar-refractivity contribution is 8.26. The summed E-state index contributed by atoms with van der Waals surface area (Å²) in [6, 6.07) is 16.8. The number of halogens is 1. The molecule has 4 rings (SSSR count). The van der Waals surface area contributed by atoms with E-state index >= 15 is 0 Å². The minimum Gasteiger partial charge on any atom is -0.493 e. The van der Waals surface area contributed by atoms with Gasteiger partial charge < -0.3 is 13.9 Å². The monoisotopic (exact) mass is 485 g/mol. The Labute approximate surface area is 200 Å². The minimum absolute atomic E-state index is 0.124. The summed E-state index contributed by atoms with van der Waals surface area (Å²) in [5.41, 5.74) is 1.90. The highest BCUT2D eigenvalue weighted by Gasteiger charge is 2.32. The third-order valence-corrected chi connectivity index (χ3v) is 6.57. The lowest BCUT2D eigenvalue weighted by molar-refractivity contribution is -0.122. The van der Waals surface area contributed by atoms with E-state index in [-0.39, 0.29) is 5.91 Å². The molecule has 1 aliphatic rings. The predicted molar refractivity (Wildman–Crippen MR) is 132 cm³/mol. The Balaban J connectivity index is 1.45. The van der Waals surface area contributed by atoms with Crippen LogP contribution in [-0.2, 0) is 11.2 Å². The standard InChI is InChI=1S/C24H20ClNO4S2/c1-28-20-8-6-15(12-21(20)29-2)10-11-26-23(27)22(32-24(26)31)14-18-7-9-19(30-18)16-4-3-5-17(25)13-16/h3-9,12-14H,10-11H2,1-2H3/b22-14+. The molecule has 0 bridgehead atoms. The number of ether oxygens (including phenoxy) is 2. The van der Waals surface area contributed by atoms with Gasteiger partial charge in [-0.3, -0.25) is 9.69 Å².